The average molecular weight is 339 g/mol. The van der Waals surface area contributed by atoms with Gasteiger partial charge in [0.25, 0.3) is 5.56 Å². The largest absolute Gasteiger partial charge is 0.301 e. The van der Waals surface area contributed by atoms with Crippen molar-refractivity contribution in [1.82, 2.24) is 34.5 Å². The van der Waals surface area contributed by atoms with Crippen molar-refractivity contribution < 1.29 is 0 Å². The number of nitrogens with one attached hydrogen (secondary N) is 1. The molecule has 3 heterocycles. The smallest absolute Gasteiger partial charge is 0.262 e. The Labute approximate surface area is 140 Å². The van der Waals surface area contributed by atoms with Crippen LogP contribution < -0.4 is 5.56 Å². The van der Waals surface area contributed by atoms with Gasteiger partial charge in [-0.2, -0.15) is 10.2 Å². The molecule has 120 valence electrons. The van der Waals surface area contributed by atoms with Crippen molar-refractivity contribution in [2.24, 2.45) is 0 Å². The first-order chi connectivity index (χ1) is 11.8. The second-order valence-corrected chi connectivity index (χ2v) is 6.09. The number of hydrogen-bond acceptors (Lipinski definition) is 6. The van der Waals surface area contributed by atoms with E-state index < -0.39 is 0 Å². The lowest BCUT2D eigenvalue weighted by Crippen LogP contribution is -2.10. The molecular weight excluding hydrogens is 326 g/mol. The van der Waals surface area contributed by atoms with Crippen molar-refractivity contribution in [2.75, 3.05) is 5.75 Å². The topological polar surface area (TPSA) is 94.3 Å². The van der Waals surface area contributed by atoms with Gasteiger partial charge in [-0.15, -0.1) is 0 Å². The van der Waals surface area contributed by atoms with Crippen LogP contribution in [0.25, 0.3) is 16.7 Å². The van der Waals surface area contributed by atoms with Crippen LogP contribution in [0.3, 0.4) is 0 Å². The maximum atomic E-state index is 12.2. The molecule has 24 heavy (non-hydrogen) atoms. The third kappa shape index (κ3) is 2.81. The lowest BCUT2D eigenvalue weighted by Gasteiger charge is -2.04. The monoisotopic (exact) mass is 339 g/mol. The van der Waals surface area contributed by atoms with Crippen LogP contribution in [0.15, 0.2) is 59.1 Å². The van der Waals surface area contributed by atoms with Gasteiger partial charge in [-0.3, -0.25) is 9.48 Å². The Morgan fingerprint density at radius 3 is 2.83 bits per heavy atom. The zero-order valence-corrected chi connectivity index (χ0v) is 13.3. The van der Waals surface area contributed by atoms with Crippen LogP contribution in [0.2, 0.25) is 0 Å². The highest BCUT2D eigenvalue weighted by atomic mass is 32.2. The molecule has 4 rings (SSSR count). The van der Waals surface area contributed by atoms with Crippen molar-refractivity contribution >= 4 is 22.8 Å². The lowest BCUT2D eigenvalue weighted by atomic mass is 10.3. The Morgan fingerprint density at radius 2 is 2.04 bits per heavy atom. The first-order valence-corrected chi connectivity index (χ1v) is 8.28. The normalized spacial score (nSPS) is 11.2. The zero-order valence-electron chi connectivity index (χ0n) is 12.5. The van der Waals surface area contributed by atoms with E-state index in [2.05, 4.69) is 25.1 Å². The van der Waals surface area contributed by atoms with Crippen LogP contribution in [0.5, 0.6) is 0 Å². The van der Waals surface area contributed by atoms with Gasteiger partial charge in [0.15, 0.2) is 10.8 Å². The van der Waals surface area contributed by atoms with Crippen molar-refractivity contribution in [2.45, 2.75) is 11.7 Å². The number of rotatable bonds is 5. The van der Waals surface area contributed by atoms with Gasteiger partial charge < -0.3 is 4.98 Å². The van der Waals surface area contributed by atoms with Crippen LogP contribution in [-0.2, 0) is 6.54 Å². The summed E-state index contributed by atoms with van der Waals surface area (Å²) < 4.78 is 3.41. The Balaban J connectivity index is 1.64. The Kier molecular flexibility index (Phi) is 3.83. The molecule has 0 atom stereocenters. The van der Waals surface area contributed by atoms with E-state index in [1.165, 1.54) is 24.3 Å². The first kappa shape index (κ1) is 14.6. The molecule has 1 aromatic carbocycles. The van der Waals surface area contributed by atoms with E-state index in [0.29, 0.717) is 22.7 Å². The van der Waals surface area contributed by atoms with Gasteiger partial charge in [0.1, 0.15) is 18.0 Å². The fourth-order valence-electron chi connectivity index (χ4n) is 2.31. The molecule has 9 heteroatoms. The second-order valence-electron chi connectivity index (χ2n) is 5.01. The maximum absolute atomic E-state index is 12.2. The molecule has 0 aliphatic carbocycles. The summed E-state index contributed by atoms with van der Waals surface area (Å²) in [5, 5.41) is 9.37. The number of benzene rings is 1. The van der Waals surface area contributed by atoms with Gasteiger partial charge in [0.2, 0.25) is 0 Å². The summed E-state index contributed by atoms with van der Waals surface area (Å²) >= 11 is 1.46. The van der Waals surface area contributed by atoms with Gasteiger partial charge in [-0.05, 0) is 12.1 Å². The number of aromatic amines is 1. The first-order valence-electron chi connectivity index (χ1n) is 7.30. The fraction of sp³-hybridized carbons (Fsp3) is 0.133. The second kappa shape index (κ2) is 6.28. The molecule has 0 aliphatic heterocycles. The summed E-state index contributed by atoms with van der Waals surface area (Å²) in [5.74, 6) is 0.720. The van der Waals surface area contributed by atoms with Gasteiger partial charge >= 0.3 is 0 Å². The van der Waals surface area contributed by atoms with Crippen LogP contribution >= 0.6 is 11.8 Å². The summed E-state index contributed by atoms with van der Waals surface area (Å²) in [6, 6.07) is 9.62. The molecule has 0 spiro atoms. The third-order valence-electron chi connectivity index (χ3n) is 3.44. The van der Waals surface area contributed by atoms with Crippen molar-refractivity contribution in [1.29, 1.82) is 0 Å². The van der Waals surface area contributed by atoms with E-state index in [9.17, 15) is 4.79 Å². The summed E-state index contributed by atoms with van der Waals surface area (Å²) in [4.78, 5) is 23.5. The SMILES string of the molecule is O=c1[nH]c(SCCn2cncn2)nc2c1cnn2-c1ccccc1. The van der Waals surface area contributed by atoms with Crippen molar-refractivity contribution in [3.63, 3.8) is 0 Å². The molecule has 0 radical (unpaired) electrons. The number of H-pyrrole nitrogens is 1. The molecule has 3 aromatic heterocycles. The van der Waals surface area contributed by atoms with Gasteiger partial charge in [-0.25, -0.2) is 14.6 Å². The lowest BCUT2D eigenvalue weighted by molar-refractivity contribution is 0.664. The Bertz CT molecular complexity index is 1010. The molecule has 0 amide bonds. The molecule has 0 unspecified atom stereocenters. The minimum atomic E-state index is -0.189. The predicted octanol–water partition coefficient (Wildman–Crippen LogP) is 1.49. The van der Waals surface area contributed by atoms with E-state index in [1.807, 2.05) is 30.3 Å². The number of thioether (sulfide) groups is 1. The number of para-hydroxylation sites is 1. The van der Waals surface area contributed by atoms with E-state index in [1.54, 1.807) is 15.7 Å². The molecule has 0 aliphatic rings. The van der Waals surface area contributed by atoms with Crippen LogP contribution in [0, 0.1) is 0 Å². The molecule has 0 saturated heterocycles. The Morgan fingerprint density at radius 1 is 1.17 bits per heavy atom. The van der Waals surface area contributed by atoms with Crippen LogP contribution in [0.4, 0.5) is 0 Å². The van der Waals surface area contributed by atoms with Gasteiger partial charge in [0, 0.05) is 5.75 Å². The highest BCUT2D eigenvalue weighted by Crippen LogP contribution is 2.17. The molecule has 0 bridgehead atoms. The van der Waals surface area contributed by atoms with E-state index >= 15 is 0 Å². The van der Waals surface area contributed by atoms with Gasteiger partial charge in [-0.1, -0.05) is 30.0 Å². The summed E-state index contributed by atoms with van der Waals surface area (Å²) in [7, 11) is 0. The molecular formula is C15H13N7OS. The average Bonchev–Trinajstić information content (AvgIpc) is 3.25. The zero-order chi connectivity index (χ0) is 16.4. The van der Waals surface area contributed by atoms with E-state index in [0.717, 1.165) is 11.4 Å². The van der Waals surface area contributed by atoms with Crippen molar-refractivity contribution in [3.05, 3.63) is 59.5 Å². The van der Waals surface area contributed by atoms with Crippen LogP contribution in [-0.4, -0.2) is 40.3 Å². The number of nitrogens with zero attached hydrogens (tertiary/aromatic N) is 6. The number of fused-ring (bicyclic) bond motifs is 1. The summed E-state index contributed by atoms with van der Waals surface area (Å²) in [6.45, 7) is 0.685. The number of aryl methyl sites for hydroxylation is 1. The highest BCUT2D eigenvalue weighted by Gasteiger charge is 2.11. The highest BCUT2D eigenvalue weighted by molar-refractivity contribution is 7.99. The minimum absolute atomic E-state index is 0.189. The van der Waals surface area contributed by atoms with E-state index in [-0.39, 0.29) is 5.56 Å². The summed E-state index contributed by atoms with van der Waals surface area (Å²) in [6.07, 6.45) is 4.69. The predicted molar refractivity (Wildman–Crippen MR) is 90.2 cm³/mol. The van der Waals surface area contributed by atoms with E-state index in [4.69, 9.17) is 0 Å². The fourth-order valence-corrected chi connectivity index (χ4v) is 3.10. The molecule has 8 nitrogen and oxygen atoms in total. The number of hydrogen-bond donors (Lipinski definition) is 1. The maximum Gasteiger partial charge on any atom is 0.262 e. The quantitative estimate of drug-likeness (QED) is 0.437. The van der Waals surface area contributed by atoms with Crippen molar-refractivity contribution in [3.8, 4) is 5.69 Å². The minimum Gasteiger partial charge on any atom is -0.301 e. The Hall–Kier alpha value is -2.94. The molecule has 0 fully saturated rings. The third-order valence-corrected chi connectivity index (χ3v) is 4.30. The van der Waals surface area contributed by atoms with Crippen LogP contribution in [0.1, 0.15) is 0 Å². The molecule has 0 saturated carbocycles. The van der Waals surface area contributed by atoms with Gasteiger partial charge in [0.05, 0.1) is 18.4 Å². The number of aromatic nitrogens is 7. The molecule has 4 aromatic rings. The molecule has 1 N–H and O–H groups in total. The summed E-state index contributed by atoms with van der Waals surface area (Å²) in [5.41, 5.74) is 1.22. The standard InChI is InChI=1S/C15H13N7OS/c23-14-12-8-17-22(11-4-2-1-3-5-11)13(12)19-15(20-14)24-7-6-21-10-16-9-18-21/h1-5,8-10H,6-7H2,(H,19,20,23).